The molecule has 152 valence electrons. The van der Waals surface area contributed by atoms with Gasteiger partial charge in [-0.15, -0.1) is 10.2 Å². The summed E-state index contributed by atoms with van der Waals surface area (Å²) in [6.07, 6.45) is 0. The first-order valence-corrected chi connectivity index (χ1v) is 10.9. The van der Waals surface area contributed by atoms with Crippen LogP contribution in [0.1, 0.15) is 5.56 Å². The van der Waals surface area contributed by atoms with Gasteiger partial charge < -0.3 is 5.32 Å². The van der Waals surface area contributed by atoms with E-state index in [1.54, 1.807) is 0 Å². The van der Waals surface area contributed by atoms with Gasteiger partial charge in [0.1, 0.15) is 5.03 Å². The highest BCUT2D eigenvalue weighted by atomic mass is 32.2. The second-order valence-electron chi connectivity index (χ2n) is 7.01. The van der Waals surface area contributed by atoms with E-state index in [2.05, 4.69) is 15.5 Å². The fourth-order valence-corrected chi connectivity index (χ4v) is 4.20. The molecular weight excluding hydrogens is 406 g/mol. The minimum Gasteiger partial charge on any atom is -0.351 e. The Balaban J connectivity index is 1.44. The largest absolute Gasteiger partial charge is 0.351 e. The van der Waals surface area contributed by atoms with Crippen molar-refractivity contribution in [3.05, 3.63) is 90.5 Å². The fourth-order valence-electron chi connectivity index (χ4n) is 3.41. The molecule has 0 saturated carbocycles. The van der Waals surface area contributed by atoms with Gasteiger partial charge in [0.05, 0.1) is 16.8 Å². The molecule has 0 bridgehead atoms. The van der Waals surface area contributed by atoms with Crippen molar-refractivity contribution in [1.82, 2.24) is 24.9 Å². The van der Waals surface area contributed by atoms with Crippen LogP contribution in [-0.2, 0) is 11.3 Å². The molecule has 0 aliphatic rings. The van der Waals surface area contributed by atoms with Crippen LogP contribution in [0.2, 0.25) is 0 Å². The summed E-state index contributed by atoms with van der Waals surface area (Å²) < 4.78 is 2.02. The van der Waals surface area contributed by atoms with Crippen molar-refractivity contribution >= 4 is 34.3 Å². The Labute approximate surface area is 183 Å². The van der Waals surface area contributed by atoms with E-state index in [0.717, 1.165) is 28.0 Å². The van der Waals surface area contributed by atoms with E-state index in [0.29, 0.717) is 17.2 Å². The Hall–Kier alpha value is -3.71. The van der Waals surface area contributed by atoms with Crippen LogP contribution in [0, 0.1) is 0 Å². The van der Waals surface area contributed by atoms with E-state index in [1.165, 1.54) is 11.8 Å². The molecule has 0 atom stereocenters. The van der Waals surface area contributed by atoms with Gasteiger partial charge in [0, 0.05) is 12.1 Å². The number of carbonyl (C=O) groups excluding carboxylic acids is 1. The third kappa shape index (κ3) is 4.00. The van der Waals surface area contributed by atoms with E-state index in [-0.39, 0.29) is 11.7 Å². The standard InChI is InChI=1S/C24H19N5OS/c30-21(25-15-17-9-3-1-4-10-17)16-31-24-23-28-27-22(18-11-5-2-6-12-18)29(23)20-14-8-7-13-19(20)26-24/h1-14H,15-16H2,(H,25,30). The van der Waals surface area contributed by atoms with Crippen LogP contribution in [0.15, 0.2) is 90.0 Å². The van der Waals surface area contributed by atoms with E-state index in [9.17, 15) is 4.79 Å². The molecule has 31 heavy (non-hydrogen) atoms. The van der Waals surface area contributed by atoms with Crippen LogP contribution in [-0.4, -0.2) is 31.2 Å². The summed E-state index contributed by atoms with van der Waals surface area (Å²) in [6.45, 7) is 0.504. The molecule has 5 rings (SSSR count). The number of carbonyl (C=O) groups is 1. The molecule has 0 fully saturated rings. The van der Waals surface area contributed by atoms with Gasteiger partial charge in [0.15, 0.2) is 11.5 Å². The number of nitrogens with one attached hydrogen (secondary N) is 1. The summed E-state index contributed by atoms with van der Waals surface area (Å²) in [5.74, 6) is 0.954. The molecule has 2 heterocycles. The Morgan fingerprint density at radius 2 is 1.58 bits per heavy atom. The highest BCUT2D eigenvalue weighted by Gasteiger charge is 2.17. The number of para-hydroxylation sites is 2. The summed E-state index contributed by atoms with van der Waals surface area (Å²) in [5.41, 5.74) is 4.46. The number of aromatic nitrogens is 4. The number of fused-ring (bicyclic) bond motifs is 3. The SMILES string of the molecule is O=C(CSc1nc2ccccc2n2c(-c3ccccc3)nnc12)NCc1ccccc1. The minimum atomic E-state index is -0.0511. The maximum Gasteiger partial charge on any atom is 0.230 e. The van der Waals surface area contributed by atoms with Crippen LogP contribution in [0.3, 0.4) is 0 Å². The van der Waals surface area contributed by atoms with Crippen molar-refractivity contribution in [3.8, 4) is 11.4 Å². The van der Waals surface area contributed by atoms with Crippen LogP contribution in [0.5, 0.6) is 0 Å². The van der Waals surface area contributed by atoms with Crippen molar-refractivity contribution in [3.63, 3.8) is 0 Å². The molecule has 0 spiro atoms. The lowest BCUT2D eigenvalue weighted by atomic mass is 10.2. The third-order valence-corrected chi connectivity index (χ3v) is 5.86. The number of nitrogens with zero attached hydrogens (tertiary/aromatic N) is 4. The number of hydrogen-bond acceptors (Lipinski definition) is 5. The van der Waals surface area contributed by atoms with Gasteiger partial charge in [0.2, 0.25) is 5.91 Å². The Morgan fingerprint density at radius 3 is 2.39 bits per heavy atom. The summed E-state index contributed by atoms with van der Waals surface area (Å²) in [4.78, 5) is 17.2. The van der Waals surface area contributed by atoms with Gasteiger partial charge in [-0.25, -0.2) is 4.98 Å². The average Bonchev–Trinajstić information content (AvgIpc) is 3.28. The van der Waals surface area contributed by atoms with Crippen LogP contribution in [0.25, 0.3) is 28.1 Å². The molecule has 1 amide bonds. The maximum atomic E-state index is 12.4. The van der Waals surface area contributed by atoms with Gasteiger partial charge in [-0.05, 0) is 17.7 Å². The van der Waals surface area contributed by atoms with Crippen LogP contribution >= 0.6 is 11.8 Å². The average molecular weight is 426 g/mol. The van der Waals surface area contributed by atoms with Gasteiger partial charge in [-0.1, -0.05) is 84.6 Å². The molecule has 0 saturated heterocycles. The predicted octanol–water partition coefficient (Wildman–Crippen LogP) is 4.35. The first-order chi connectivity index (χ1) is 15.3. The van der Waals surface area contributed by atoms with Crippen molar-refractivity contribution < 1.29 is 4.79 Å². The molecule has 7 heteroatoms. The molecule has 2 aromatic heterocycles. The number of hydrogen-bond donors (Lipinski definition) is 1. The van der Waals surface area contributed by atoms with E-state index >= 15 is 0 Å². The predicted molar refractivity (Wildman–Crippen MR) is 123 cm³/mol. The van der Waals surface area contributed by atoms with E-state index in [4.69, 9.17) is 4.98 Å². The number of amides is 1. The molecule has 1 N–H and O–H groups in total. The molecule has 0 radical (unpaired) electrons. The highest BCUT2D eigenvalue weighted by molar-refractivity contribution is 8.00. The molecule has 5 aromatic rings. The van der Waals surface area contributed by atoms with Crippen molar-refractivity contribution in [2.45, 2.75) is 11.6 Å². The normalized spacial score (nSPS) is 11.1. The number of rotatable bonds is 6. The lowest BCUT2D eigenvalue weighted by Crippen LogP contribution is -2.24. The zero-order valence-corrected chi connectivity index (χ0v) is 17.4. The van der Waals surface area contributed by atoms with Gasteiger partial charge in [0.25, 0.3) is 0 Å². The lowest BCUT2D eigenvalue weighted by Gasteiger charge is -2.09. The zero-order chi connectivity index (χ0) is 21.0. The Kier molecular flexibility index (Phi) is 5.33. The van der Waals surface area contributed by atoms with Gasteiger partial charge >= 0.3 is 0 Å². The summed E-state index contributed by atoms with van der Waals surface area (Å²) in [5, 5.41) is 12.5. The second-order valence-corrected chi connectivity index (χ2v) is 7.97. The molecule has 0 aliphatic carbocycles. The van der Waals surface area contributed by atoms with Crippen LogP contribution in [0.4, 0.5) is 0 Å². The number of benzene rings is 3. The topological polar surface area (TPSA) is 72.2 Å². The van der Waals surface area contributed by atoms with Crippen molar-refractivity contribution in [1.29, 1.82) is 0 Å². The fraction of sp³-hybridized carbons (Fsp3) is 0.0833. The van der Waals surface area contributed by atoms with E-state index < -0.39 is 0 Å². The number of thioether (sulfide) groups is 1. The molecule has 3 aromatic carbocycles. The molecule has 0 unspecified atom stereocenters. The van der Waals surface area contributed by atoms with E-state index in [1.807, 2.05) is 89.3 Å². The van der Waals surface area contributed by atoms with Crippen molar-refractivity contribution in [2.75, 3.05) is 5.75 Å². The molecule has 0 aliphatic heterocycles. The molecule has 6 nitrogen and oxygen atoms in total. The van der Waals surface area contributed by atoms with Gasteiger partial charge in [-0.3, -0.25) is 9.20 Å². The Morgan fingerprint density at radius 1 is 0.871 bits per heavy atom. The summed E-state index contributed by atoms with van der Waals surface area (Å²) in [6, 6.07) is 27.7. The first kappa shape index (κ1) is 19.3. The minimum absolute atomic E-state index is 0.0511. The zero-order valence-electron chi connectivity index (χ0n) is 16.6. The van der Waals surface area contributed by atoms with Crippen molar-refractivity contribution in [2.24, 2.45) is 0 Å². The second kappa shape index (κ2) is 8.57. The van der Waals surface area contributed by atoms with Gasteiger partial charge in [-0.2, -0.15) is 0 Å². The summed E-state index contributed by atoms with van der Waals surface area (Å²) in [7, 11) is 0. The monoisotopic (exact) mass is 425 g/mol. The third-order valence-electron chi connectivity index (χ3n) is 4.90. The first-order valence-electron chi connectivity index (χ1n) is 9.92. The Bertz CT molecular complexity index is 1350. The lowest BCUT2D eigenvalue weighted by molar-refractivity contribution is -0.118. The highest BCUT2D eigenvalue weighted by Crippen LogP contribution is 2.28. The quantitative estimate of drug-likeness (QED) is 0.410. The maximum absolute atomic E-state index is 12.4. The molecular formula is C24H19N5OS. The summed E-state index contributed by atoms with van der Waals surface area (Å²) >= 11 is 1.37. The smallest absolute Gasteiger partial charge is 0.230 e. The van der Waals surface area contributed by atoms with Crippen LogP contribution < -0.4 is 5.32 Å².